The molecule has 5 N–H and O–H groups in total. The molecule has 0 aliphatic rings. The lowest BCUT2D eigenvalue weighted by Gasteiger charge is -1.92. The number of hydrogen-bond acceptors (Lipinski definition) is 3. The first-order valence-electron chi connectivity index (χ1n) is 3.38. The van der Waals surface area contributed by atoms with Crippen LogP contribution in [0.4, 0.5) is 5.69 Å². The van der Waals surface area contributed by atoms with E-state index in [1.807, 2.05) is 37.5 Å². The van der Waals surface area contributed by atoms with Crippen LogP contribution in [0.2, 0.25) is 0 Å². The number of rotatable bonds is 1. The van der Waals surface area contributed by atoms with Crippen LogP contribution in [0.3, 0.4) is 0 Å². The van der Waals surface area contributed by atoms with Crippen molar-refractivity contribution in [1.82, 2.24) is 6.15 Å². The van der Waals surface area contributed by atoms with Crippen molar-refractivity contribution in [2.75, 3.05) is 5.48 Å². The van der Waals surface area contributed by atoms with E-state index in [2.05, 4.69) is 0 Å². The fourth-order valence-corrected chi connectivity index (χ4v) is 0.513. The molecule has 1 aromatic carbocycles. The maximum atomic E-state index is 8.29. The summed E-state index contributed by atoms with van der Waals surface area (Å²) in [7, 11) is 0. The molecule has 1 aromatic rings. The molecule has 0 unspecified atom stereocenters. The molecule has 0 aromatic heterocycles. The molecule has 0 heterocycles. The second-order valence-electron chi connectivity index (χ2n) is 1.48. The average molecular weight is 160 g/mol. The van der Waals surface area contributed by atoms with Crippen LogP contribution in [-0.2, 0) is 0 Å². The maximum absolute atomic E-state index is 8.29. The largest absolute Gasteiger partial charge is 0.344 e. The van der Waals surface area contributed by atoms with Gasteiger partial charge in [0.15, 0.2) is 0 Å². The van der Waals surface area contributed by atoms with Crippen molar-refractivity contribution in [2.24, 2.45) is 0 Å². The molecule has 0 fully saturated rings. The van der Waals surface area contributed by atoms with Gasteiger partial charge in [0.1, 0.15) is 0 Å². The molecular formula is C8H20N2O. The fourth-order valence-electron chi connectivity index (χ4n) is 0.513. The van der Waals surface area contributed by atoms with Crippen LogP contribution in [0.1, 0.15) is 16.7 Å². The molecule has 1 rings (SSSR count). The highest BCUT2D eigenvalue weighted by molar-refractivity contribution is 5.39. The molecule has 0 amide bonds. The quantitative estimate of drug-likeness (QED) is 0.553. The van der Waals surface area contributed by atoms with Crippen molar-refractivity contribution in [2.45, 2.75) is 13.8 Å². The first-order chi connectivity index (χ1) is 4.93. The van der Waals surface area contributed by atoms with Crippen LogP contribution in [0.15, 0.2) is 30.3 Å². The van der Waals surface area contributed by atoms with Gasteiger partial charge in [-0.25, -0.2) is 0 Å². The predicted octanol–water partition coefficient (Wildman–Crippen LogP) is 3.17. The summed E-state index contributed by atoms with van der Waals surface area (Å²) in [6.07, 6.45) is 0. The lowest BCUT2D eigenvalue weighted by molar-refractivity contribution is 0.389. The molecule has 11 heavy (non-hydrogen) atoms. The molecule has 0 saturated carbocycles. The van der Waals surface area contributed by atoms with E-state index in [1.54, 1.807) is 12.1 Å². The predicted molar refractivity (Wildman–Crippen MR) is 52.4 cm³/mol. The van der Waals surface area contributed by atoms with Gasteiger partial charge in [0, 0.05) is 2.85 Å². The summed E-state index contributed by atoms with van der Waals surface area (Å²) in [4.78, 5) is 0. The van der Waals surface area contributed by atoms with Gasteiger partial charge in [-0.3, -0.25) is 10.7 Å². The van der Waals surface area contributed by atoms with Crippen molar-refractivity contribution < 1.29 is 8.06 Å². The Morgan fingerprint density at radius 2 is 1.64 bits per heavy atom. The Kier molecular flexibility index (Phi) is 10.2. The average Bonchev–Trinajstić information content (AvgIpc) is 2.10. The van der Waals surface area contributed by atoms with Gasteiger partial charge in [-0.15, -0.1) is 0 Å². The van der Waals surface area contributed by atoms with Crippen LogP contribution in [0.5, 0.6) is 0 Å². The lowest BCUT2D eigenvalue weighted by Crippen LogP contribution is -1.85. The highest BCUT2D eigenvalue weighted by Crippen LogP contribution is 2.01. The summed E-state index contributed by atoms with van der Waals surface area (Å²) in [5, 5.41) is 8.29. The van der Waals surface area contributed by atoms with Gasteiger partial charge in [0.25, 0.3) is 0 Å². The van der Waals surface area contributed by atoms with E-state index in [4.69, 9.17) is 5.21 Å². The molecular weight excluding hydrogens is 140 g/mol. The van der Waals surface area contributed by atoms with E-state index in [-0.39, 0.29) is 9.00 Å². The Hall–Kier alpha value is -1.06. The van der Waals surface area contributed by atoms with E-state index in [9.17, 15) is 0 Å². The van der Waals surface area contributed by atoms with Crippen LogP contribution < -0.4 is 11.6 Å². The van der Waals surface area contributed by atoms with Gasteiger partial charge in [-0.05, 0) is 12.1 Å². The zero-order chi connectivity index (χ0) is 7.82. The van der Waals surface area contributed by atoms with Crippen LogP contribution in [0.25, 0.3) is 0 Å². The van der Waals surface area contributed by atoms with Gasteiger partial charge >= 0.3 is 0 Å². The van der Waals surface area contributed by atoms with Gasteiger partial charge in [-0.2, -0.15) is 0 Å². The second-order valence-corrected chi connectivity index (χ2v) is 1.48. The van der Waals surface area contributed by atoms with Crippen LogP contribution in [0, 0.1) is 0 Å². The molecule has 3 nitrogen and oxygen atoms in total. The molecule has 0 bridgehead atoms. The van der Waals surface area contributed by atoms with Gasteiger partial charge in [0.05, 0.1) is 5.69 Å². The van der Waals surface area contributed by atoms with Gasteiger partial charge in [0.2, 0.25) is 0 Å². The maximum Gasteiger partial charge on any atom is 0.0602 e. The summed E-state index contributed by atoms with van der Waals surface area (Å²) in [5.74, 6) is 0. The van der Waals surface area contributed by atoms with Crippen molar-refractivity contribution >= 4 is 5.69 Å². The standard InChI is InChI=1S/C6H7NO.C2H6.H3N.2H2/c8-7-6-4-2-1-3-5-6;1-2;;;/h1-5,7-8H;1-2H3;1H3;2*1H. The number of anilines is 1. The number of hydrogen-bond donors (Lipinski definition) is 3. The van der Waals surface area contributed by atoms with Gasteiger partial charge < -0.3 is 6.15 Å². The van der Waals surface area contributed by atoms with E-state index in [0.29, 0.717) is 5.69 Å². The van der Waals surface area contributed by atoms with Crippen molar-refractivity contribution in [1.29, 1.82) is 0 Å². The minimum atomic E-state index is 0. The van der Waals surface area contributed by atoms with Gasteiger partial charge in [-0.1, -0.05) is 32.0 Å². The highest BCUT2D eigenvalue weighted by atomic mass is 16.5. The molecule has 68 valence electrons. The van der Waals surface area contributed by atoms with E-state index >= 15 is 0 Å². The Labute approximate surface area is 70.6 Å². The fraction of sp³-hybridized carbons (Fsp3) is 0.250. The third kappa shape index (κ3) is 5.39. The first-order valence-corrected chi connectivity index (χ1v) is 3.38. The Balaban J connectivity index is -0.0000000761. The molecule has 0 saturated heterocycles. The van der Waals surface area contributed by atoms with Crippen LogP contribution in [-0.4, -0.2) is 5.21 Å². The molecule has 0 spiro atoms. The molecule has 0 radical (unpaired) electrons. The minimum Gasteiger partial charge on any atom is -0.344 e. The Morgan fingerprint density at radius 1 is 1.18 bits per heavy atom. The summed E-state index contributed by atoms with van der Waals surface area (Å²) in [5.41, 5.74) is 2.74. The topological polar surface area (TPSA) is 67.3 Å². The number of benzene rings is 1. The van der Waals surface area contributed by atoms with Crippen molar-refractivity contribution in [3.05, 3.63) is 30.3 Å². The summed E-state index contributed by atoms with van der Waals surface area (Å²) >= 11 is 0. The first kappa shape index (κ1) is 12.6. The summed E-state index contributed by atoms with van der Waals surface area (Å²) in [6, 6.07) is 9.14. The van der Waals surface area contributed by atoms with E-state index in [1.165, 1.54) is 0 Å². The number of nitrogens with one attached hydrogen (secondary N) is 1. The smallest absolute Gasteiger partial charge is 0.0602 e. The minimum absolute atomic E-state index is 0. The third-order valence-corrected chi connectivity index (χ3v) is 0.903. The van der Waals surface area contributed by atoms with Crippen LogP contribution >= 0.6 is 0 Å². The van der Waals surface area contributed by atoms with Crippen molar-refractivity contribution in [3.63, 3.8) is 0 Å². The highest BCUT2D eigenvalue weighted by Gasteiger charge is 1.79. The SMILES string of the molecule is CC.N.ONc1ccccc1.[HH].[HH]. The zero-order valence-electron chi connectivity index (χ0n) is 7.04. The molecule has 0 atom stereocenters. The summed E-state index contributed by atoms with van der Waals surface area (Å²) in [6.45, 7) is 4.00. The zero-order valence-corrected chi connectivity index (χ0v) is 7.04. The molecule has 0 aliphatic heterocycles. The van der Waals surface area contributed by atoms with E-state index in [0.717, 1.165) is 0 Å². The normalized spacial score (nSPS) is 6.82. The Morgan fingerprint density at radius 3 is 1.91 bits per heavy atom. The van der Waals surface area contributed by atoms with Crippen molar-refractivity contribution in [3.8, 4) is 0 Å². The number of para-hydroxylation sites is 1. The summed E-state index contributed by atoms with van der Waals surface area (Å²) < 4.78 is 0. The molecule has 3 heteroatoms. The second kappa shape index (κ2) is 8.94. The van der Waals surface area contributed by atoms with E-state index < -0.39 is 0 Å². The molecule has 0 aliphatic carbocycles. The Bertz CT molecular complexity index is 161. The third-order valence-electron chi connectivity index (χ3n) is 0.903. The lowest BCUT2D eigenvalue weighted by atomic mass is 10.3. The monoisotopic (exact) mass is 160 g/mol.